The maximum absolute atomic E-state index is 3.98. The van der Waals surface area contributed by atoms with E-state index < -0.39 is 0 Å². The van der Waals surface area contributed by atoms with Crippen molar-refractivity contribution in [3.05, 3.63) is 103 Å². The predicted octanol–water partition coefficient (Wildman–Crippen LogP) is 8.30. The molecule has 4 rings (SSSR count). The van der Waals surface area contributed by atoms with E-state index in [9.17, 15) is 0 Å². The van der Waals surface area contributed by atoms with Crippen LogP contribution in [0, 0.1) is 6.92 Å². The first-order valence-corrected chi connectivity index (χ1v) is 10.6. The summed E-state index contributed by atoms with van der Waals surface area (Å²) in [6, 6.07) is 31.2. The second-order valence-corrected chi connectivity index (χ2v) is 7.75. The SMILES string of the molecule is [CH2]CCCCCCC(c1cccc2ccccc12)c1cccc2ccccc12. The number of fused-ring (bicyclic) bond motifs is 2. The molecule has 28 heavy (non-hydrogen) atoms. The molecule has 0 aliphatic heterocycles. The molecule has 0 amide bonds. The lowest BCUT2D eigenvalue weighted by molar-refractivity contribution is 0.589. The third-order valence-corrected chi connectivity index (χ3v) is 5.89. The van der Waals surface area contributed by atoms with E-state index in [1.165, 1.54) is 64.8 Å². The van der Waals surface area contributed by atoms with Gasteiger partial charge >= 0.3 is 0 Å². The Hall–Kier alpha value is -2.60. The fourth-order valence-electron chi connectivity index (χ4n) is 4.47. The molecule has 0 aliphatic rings. The molecule has 0 atom stereocenters. The molecule has 0 spiro atoms. The van der Waals surface area contributed by atoms with Crippen LogP contribution in [0.2, 0.25) is 0 Å². The molecule has 0 heterocycles. The Morgan fingerprint density at radius 3 is 1.61 bits per heavy atom. The summed E-state index contributed by atoms with van der Waals surface area (Å²) in [6.07, 6.45) is 7.34. The molecule has 4 aromatic rings. The highest BCUT2D eigenvalue weighted by Gasteiger charge is 2.18. The van der Waals surface area contributed by atoms with Crippen molar-refractivity contribution in [2.45, 2.75) is 44.4 Å². The largest absolute Gasteiger partial charge is 0.0616 e. The quantitative estimate of drug-likeness (QED) is 0.275. The molecule has 0 bridgehead atoms. The van der Waals surface area contributed by atoms with Crippen LogP contribution < -0.4 is 0 Å². The molecule has 0 nitrogen and oxygen atoms in total. The van der Waals surface area contributed by atoms with Gasteiger partial charge in [-0.3, -0.25) is 0 Å². The van der Waals surface area contributed by atoms with E-state index in [1.807, 2.05) is 0 Å². The third kappa shape index (κ3) is 3.97. The van der Waals surface area contributed by atoms with Crippen molar-refractivity contribution in [1.82, 2.24) is 0 Å². The Morgan fingerprint density at radius 1 is 0.536 bits per heavy atom. The standard InChI is InChI=1S/C28H29/c1-2-3-4-5-6-19-28(26-20-11-15-22-13-7-9-17-24(22)26)27-21-12-16-23-14-8-10-18-25(23)27/h7-18,20-21,28H,1-6,19H2. The molecular formula is C28H29. The van der Waals surface area contributed by atoms with Crippen molar-refractivity contribution >= 4 is 21.5 Å². The normalized spacial score (nSPS) is 11.5. The summed E-state index contributed by atoms with van der Waals surface area (Å²) in [5, 5.41) is 5.45. The second kappa shape index (κ2) is 9.06. The number of hydrogen-bond acceptors (Lipinski definition) is 0. The zero-order valence-electron chi connectivity index (χ0n) is 16.6. The highest BCUT2D eigenvalue weighted by molar-refractivity contribution is 5.90. The Kier molecular flexibility index (Phi) is 6.07. The van der Waals surface area contributed by atoms with Crippen molar-refractivity contribution < 1.29 is 0 Å². The van der Waals surface area contributed by atoms with Crippen LogP contribution in [0.15, 0.2) is 84.9 Å². The molecular weight excluding hydrogens is 336 g/mol. The zero-order chi connectivity index (χ0) is 19.2. The van der Waals surface area contributed by atoms with Crippen LogP contribution >= 0.6 is 0 Å². The van der Waals surface area contributed by atoms with Crippen LogP contribution in [0.5, 0.6) is 0 Å². The summed E-state index contributed by atoms with van der Waals surface area (Å²) in [7, 11) is 0. The van der Waals surface area contributed by atoms with Crippen molar-refractivity contribution in [1.29, 1.82) is 0 Å². The highest BCUT2D eigenvalue weighted by Crippen LogP contribution is 2.38. The second-order valence-electron chi connectivity index (χ2n) is 7.75. The number of rotatable bonds is 8. The van der Waals surface area contributed by atoms with Gasteiger partial charge in [0.1, 0.15) is 0 Å². The van der Waals surface area contributed by atoms with E-state index in [1.54, 1.807) is 0 Å². The Balaban J connectivity index is 1.77. The van der Waals surface area contributed by atoms with Crippen LogP contribution in [-0.4, -0.2) is 0 Å². The molecule has 141 valence electrons. The predicted molar refractivity (Wildman–Crippen MR) is 123 cm³/mol. The van der Waals surface area contributed by atoms with Crippen molar-refractivity contribution in [2.75, 3.05) is 0 Å². The minimum absolute atomic E-state index is 0.428. The van der Waals surface area contributed by atoms with E-state index in [-0.39, 0.29) is 0 Å². The van der Waals surface area contributed by atoms with Gasteiger partial charge < -0.3 is 0 Å². The van der Waals surface area contributed by atoms with Gasteiger partial charge in [0.05, 0.1) is 0 Å². The maximum atomic E-state index is 3.98. The summed E-state index contributed by atoms with van der Waals surface area (Å²) in [5.74, 6) is 0.428. The number of benzene rings is 4. The van der Waals surface area contributed by atoms with Crippen LogP contribution in [0.3, 0.4) is 0 Å². The van der Waals surface area contributed by atoms with Crippen molar-refractivity contribution in [3.63, 3.8) is 0 Å². The first-order chi connectivity index (χ1) is 13.9. The molecule has 0 saturated carbocycles. The summed E-state index contributed by atoms with van der Waals surface area (Å²) in [4.78, 5) is 0. The number of hydrogen-bond donors (Lipinski definition) is 0. The lowest BCUT2D eigenvalue weighted by Crippen LogP contribution is -2.03. The van der Waals surface area contributed by atoms with E-state index in [4.69, 9.17) is 0 Å². The molecule has 4 aromatic carbocycles. The Labute approximate surface area is 169 Å². The van der Waals surface area contributed by atoms with Gasteiger partial charge in [-0.15, -0.1) is 0 Å². The van der Waals surface area contributed by atoms with Gasteiger partial charge in [0.2, 0.25) is 0 Å². The van der Waals surface area contributed by atoms with Crippen molar-refractivity contribution in [3.8, 4) is 0 Å². The molecule has 0 saturated heterocycles. The van der Waals surface area contributed by atoms with Crippen LogP contribution in [0.1, 0.15) is 55.6 Å². The summed E-state index contributed by atoms with van der Waals surface area (Å²) < 4.78 is 0. The summed E-state index contributed by atoms with van der Waals surface area (Å²) >= 11 is 0. The van der Waals surface area contributed by atoms with Crippen LogP contribution in [0.25, 0.3) is 21.5 Å². The lowest BCUT2D eigenvalue weighted by atomic mass is 9.82. The van der Waals surface area contributed by atoms with Gasteiger partial charge in [-0.1, -0.05) is 124 Å². The lowest BCUT2D eigenvalue weighted by Gasteiger charge is -2.22. The van der Waals surface area contributed by atoms with E-state index >= 15 is 0 Å². The maximum Gasteiger partial charge on any atom is 0.0102 e. The first-order valence-electron chi connectivity index (χ1n) is 10.6. The molecule has 1 radical (unpaired) electrons. The van der Waals surface area contributed by atoms with Gasteiger partial charge in [0.15, 0.2) is 0 Å². The topological polar surface area (TPSA) is 0 Å². The van der Waals surface area contributed by atoms with Crippen LogP contribution in [0.4, 0.5) is 0 Å². The monoisotopic (exact) mass is 365 g/mol. The van der Waals surface area contributed by atoms with E-state index in [0.29, 0.717) is 5.92 Å². The van der Waals surface area contributed by atoms with Gasteiger partial charge in [0.25, 0.3) is 0 Å². The molecule has 0 N–H and O–H groups in total. The summed E-state index contributed by atoms with van der Waals surface area (Å²) in [6.45, 7) is 3.98. The average molecular weight is 366 g/mol. The zero-order valence-corrected chi connectivity index (χ0v) is 16.6. The number of unbranched alkanes of at least 4 members (excludes halogenated alkanes) is 4. The summed E-state index contributed by atoms with van der Waals surface area (Å²) in [5.41, 5.74) is 2.93. The van der Waals surface area contributed by atoms with Gasteiger partial charge in [0, 0.05) is 5.92 Å². The first kappa shape index (κ1) is 18.7. The third-order valence-electron chi connectivity index (χ3n) is 5.89. The Morgan fingerprint density at radius 2 is 1.04 bits per heavy atom. The smallest absolute Gasteiger partial charge is 0.0102 e. The average Bonchev–Trinajstić information content (AvgIpc) is 2.76. The molecule has 0 heteroatoms. The fraction of sp³-hybridized carbons (Fsp3) is 0.250. The molecule has 0 unspecified atom stereocenters. The van der Waals surface area contributed by atoms with Gasteiger partial charge in [-0.2, -0.15) is 0 Å². The fourth-order valence-corrected chi connectivity index (χ4v) is 4.47. The van der Waals surface area contributed by atoms with Gasteiger partial charge in [-0.25, -0.2) is 0 Å². The molecule has 0 aliphatic carbocycles. The minimum Gasteiger partial charge on any atom is -0.0616 e. The van der Waals surface area contributed by atoms with Crippen molar-refractivity contribution in [2.24, 2.45) is 0 Å². The molecule has 0 aromatic heterocycles. The minimum atomic E-state index is 0.428. The Bertz CT molecular complexity index is 954. The van der Waals surface area contributed by atoms with E-state index in [0.717, 1.165) is 6.42 Å². The van der Waals surface area contributed by atoms with E-state index in [2.05, 4.69) is 91.9 Å². The van der Waals surface area contributed by atoms with Crippen LogP contribution in [-0.2, 0) is 0 Å². The highest BCUT2D eigenvalue weighted by atomic mass is 14.2. The van der Waals surface area contributed by atoms with Gasteiger partial charge in [-0.05, 0) is 39.1 Å². The molecule has 0 fully saturated rings.